The number of nitro groups is 1. The normalized spacial score (nSPS) is 18.6. The summed E-state index contributed by atoms with van der Waals surface area (Å²) in [7, 11) is 2.80. The number of aliphatic hydroxyl groups is 1. The van der Waals surface area contributed by atoms with Crippen LogP contribution in [0.2, 0.25) is 0 Å². The minimum Gasteiger partial charge on any atom is -0.490 e. The number of carbonyl (C=O) groups excluding carboxylic acids is 2. The third kappa shape index (κ3) is 2.60. The number of Topliss-reactive ketones (excluding diaryl/α,β-unsaturated/α-hetero) is 1. The van der Waals surface area contributed by atoms with Crippen molar-refractivity contribution in [3.8, 4) is 5.75 Å². The summed E-state index contributed by atoms with van der Waals surface area (Å²) >= 11 is 0. The lowest BCUT2D eigenvalue weighted by atomic mass is 9.88. The average molecular weight is 356 g/mol. The standard InChI is InChI=1S/C18H16N2O6/c1-19-13-6-4-3-5-12(13)18(23,17(19)22)10-15(21)11-7-8-16(26-2)14(9-11)20(24)25/h3-9,23H,10H2,1-2H3/t18-/m0/s1. The van der Waals surface area contributed by atoms with Crippen LogP contribution >= 0.6 is 0 Å². The lowest BCUT2D eigenvalue weighted by Crippen LogP contribution is -2.40. The fourth-order valence-electron chi connectivity index (χ4n) is 3.13. The number of ether oxygens (including phenoxy) is 1. The topological polar surface area (TPSA) is 110 Å². The molecule has 1 amide bonds. The van der Waals surface area contributed by atoms with Crippen molar-refractivity contribution in [3.05, 3.63) is 63.7 Å². The second-order valence-corrected chi connectivity index (χ2v) is 5.99. The van der Waals surface area contributed by atoms with Gasteiger partial charge in [-0.2, -0.15) is 0 Å². The minimum atomic E-state index is -2.00. The Bertz CT molecular complexity index is 926. The number of methoxy groups -OCH3 is 1. The highest BCUT2D eigenvalue weighted by Gasteiger charge is 2.49. The van der Waals surface area contributed by atoms with Crippen molar-refractivity contribution in [1.29, 1.82) is 0 Å². The minimum absolute atomic E-state index is 0.0192. The van der Waals surface area contributed by atoms with Gasteiger partial charge in [-0.3, -0.25) is 19.7 Å². The van der Waals surface area contributed by atoms with Crippen molar-refractivity contribution in [2.75, 3.05) is 19.1 Å². The van der Waals surface area contributed by atoms with Gasteiger partial charge in [0.2, 0.25) is 0 Å². The van der Waals surface area contributed by atoms with Crippen LogP contribution in [0.25, 0.3) is 0 Å². The number of benzene rings is 2. The second-order valence-electron chi connectivity index (χ2n) is 5.99. The smallest absolute Gasteiger partial charge is 0.311 e. The molecule has 1 aliphatic rings. The number of para-hydroxylation sites is 1. The van der Waals surface area contributed by atoms with Crippen LogP contribution in [-0.2, 0) is 10.4 Å². The van der Waals surface area contributed by atoms with Crippen LogP contribution in [0.1, 0.15) is 22.3 Å². The number of nitrogens with zero attached hydrogens (tertiary/aromatic N) is 2. The van der Waals surface area contributed by atoms with Crippen molar-refractivity contribution in [1.82, 2.24) is 0 Å². The van der Waals surface area contributed by atoms with Gasteiger partial charge in [0.25, 0.3) is 5.91 Å². The average Bonchev–Trinajstić information content (AvgIpc) is 2.83. The molecule has 0 saturated heterocycles. The Morgan fingerprint density at radius 1 is 1.31 bits per heavy atom. The zero-order valence-electron chi connectivity index (χ0n) is 14.1. The highest BCUT2D eigenvalue weighted by atomic mass is 16.6. The monoisotopic (exact) mass is 356 g/mol. The number of hydrogen-bond acceptors (Lipinski definition) is 6. The summed E-state index contributed by atoms with van der Waals surface area (Å²) in [5.41, 5.74) is -1.49. The molecule has 0 radical (unpaired) electrons. The molecular weight excluding hydrogens is 340 g/mol. The van der Waals surface area contributed by atoms with Crippen LogP contribution in [0.5, 0.6) is 5.75 Å². The first-order valence-corrected chi connectivity index (χ1v) is 7.75. The van der Waals surface area contributed by atoms with Gasteiger partial charge >= 0.3 is 5.69 Å². The number of amides is 1. The van der Waals surface area contributed by atoms with Gasteiger partial charge in [-0.25, -0.2) is 0 Å². The van der Waals surface area contributed by atoms with E-state index in [1.807, 2.05) is 0 Å². The quantitative estimate of drug-likeness (QED) is 0.499. The molecule has 1 aliphatic heterocycles. The number of likely N-dealkylation sites (N-methyl/N-ethyl adjacent to an activating group) is 1. The van der Waals surface area contributed by atoms with Crippen LogP contribution in [-0.4, -0.2) is 35.9 Å². The van der Waals surface area contributed by atoms with E-state index in [-0.39, 0.29) is 17.0 Å². The number of hydrogen-bond donors (Lipinski definition) is 1. The molecule has 3 rings (SSSR count). The number of rotatable bonds is 5. The lowest BCUT2D eigenvalue weighted by molar-refractivity contribution is -0.385. The van der Waals surface area contributed by atoms with E-state index in [4.69, 9.17) is 4.74 Å². The Balaban J connectivity index is 1.97. The van der Waals surface area contributed by atoms with Gasteiger partial charge in [0.05, 0.1) is 24.1 Å². The Morgan fingerprint density at radius 2 is 2.00 bits per heavy atom. The third-order valence-corrected chi connectivity index (χ3v) is 4.48. The van der Waals surface area contributed by atoms with Crippen molar-refractivity contribution in [3.63, 3.8) is 0 Å². The van der Waals surface area contributed by atoms with Gasteiger partial charge in [-0.1, -0.05) is 18.2 Å². The zero-order valence-corrected chi connectivity index (χ0v) is 14.1. The largest absolute Gasteiger partial charge is 0.490 e. The molecule has 1 heterocycles. The summed E-state index contributed by atoms with van der Waals surface area (Å²) < 4.78 is 4.91. The predicted molar refractivity (Wildman–Crippen MR) is 92.3 cm³/mol. The van der Waals surface area contributed by atoms with E-state index in [0.717, 1.165) is 6.07 Å². The molecule has 0 unspecified atom stereocenters. The second kappa shape index (κ2) is 6.23. The molecule has 0 saturated carbocycles. The number of fused-ring (bicyclic) bond motifs is 1. The van der Waals surface area contributed by atoms with Crippen LogP contribution in [0.15, 0.2) is 42.5 Å². The van der Waals surface area contributed by atoms with Gasteiger partial charge in [0, 0.05) is 24.2 Å². The van der Waals surface area contributed by atoms with E-state index in [9.17, 15) is 24.8 Å². The van der Waals surface area contributed by atoms with Gasteiger partial charge in [-0.15, -0.1) is 0 Å². The van der Waals surface area contributed by atoms with Crippen molar-refractivity contribution in [2.24, 2.45) is 0 Å². The highest BCUT2D eigenvalue weighted by Crippen LogP contribution is 2.42. The molecule has 0 fully saturated rings. The summed E-state index contributed by atoms with van der Waals surface area (Å²) in [5, 5.41) is 22.0. The predicted octanol–water partition coefficient (Wildman–Crippen LogP) is 2.04. The van der Waals surface area contributed by atoms with Crippen LogP contribution in [0.4, 0.5) is 11.4 Å². The molecule has 134 valence electrons. The SMILES string of the molecule is COc1ccc(C(=O)C[C@@]2(O)C(=O)N(C)c3ccccc32)cc1[N+](=O)[O-]. The number of nitro benzene ring substituents is 1. The Morgan fingerprint density at radius 3 is 2.65 bits per heavy atom. The molecule has 1 N–H and O–H groups in total. The van der Waals surface area contributed by atoms with Crippen molar-refractivity contribution in [2.45, 2.75) is 12.0 Å². The van der Waals surface area contributed by atoms with Gasteiger partial charge in [-0.05, 0) is 18.2 Å². The highest BCUT2D eigenvalue weighted by molar-refractivity contribution is 6.10. The molecule has 8 heteroatoms. The summed E-state index contributed by atoms with van der Waals surface area (Å²) in [6, 6.07) is 10.4. The Kier molecular flexibility index (Phi) is 4.21. The molecule has 0 bridgehead atoms. The molecule has 2 aromatic carbocycles. The number of anilines is 1. The van der Waals surface area contributed by atoms with E-state index >= 15 is 0 Å². The molecule has 0 aliphatic carbocycles. The molecule has 0 aromatic heterocycles. The maximum absolute atomic E-state index is 12.6. The first-order valence-electron chi connectivity index (χ1n) is 7.75. The van der Waals surface area contributed by atoms with E-state index in [2.05, 4.69) is 0 Å². The fraction of sp³-hybridized carbons (Fsp3) is 0.222. The molecule has 1 atom stereocenters. The van der Waals surface area contributed by atoms with E-state index in [1.54, 1.807) is 24.3 Å². The van der Waals surface area contributed by atoms with Gasteiger partial charge in [0.1, 0.15) is 0 Å². The van der Waals surface area contributed by atoms with Crippen LogP contribution < -0.4 is 9.64 Å². The lowest BCUT2D eigenvalue weighted by Gasteiger charge is -2.21. The van der Waals surface area contributed by atoms with Crippen molar-refractivity contribution >= 4 is 23.1 Å². The van der Waals surface area contributed by atoms with Gasteiger partial charge in [0.15, 0.2) is 17.1 Å². The number of ketones is 1. The molecule has 0 spiro atoms. The van der Waals surface area contributed by atoms with E-state index < -0.39 is 28.6 Å². The number of carbonyl (C=O) groups is 2. The Hall–Kier alpha value is -3.26. The first-order chi connectivity index (χ1) is 12.3. The maximum Gasteiger partial charge on any atom is 0.311 e. The summed E-state index contributed by atoms with van der Waals surface area (Å²) in [5.74, 6) is -1.18. The summed E-state index contributed by atoms with van der Waals surface area (Å²) in [6.45, 7) is 0. The van der Waals surface area contributed by atoms with Crippen LogP contribution in [0, 0.1) is 10.1 Å². The Labute approximate surface area is 148 Å². The van der Waals surface area contributed by atoms with Gasteiger partial charge < -0.3 is 14.7 Å². The summed E-state index contributed by atoms with van der Waals surface area (Å²) in [4.78, 5) is 36.9. The third-order valence-electron chi connectivity index (χ3n) is 4.48. The molecule has 2 aromatic rings. The fourth-order valence-corrected chi connectivity index (χ4v) is 3.13. The van der Waals surface area contributed by atoms with E-state index in [1.165, 1.54) is 31.2 Å². The van der Waals surface area contributed by atoms with Crippen LogP contribution in [0.3, 0.4) is 0 Å². The zero-order chi connectivity index (χ0) is 19.1. The molecule has 8 nitrogen and oxygen atoms in total. The first kappa shape index (κ1) is 17.6. The van der Waals surface area contributed by atoms with E-state index in [0.29, 0.717) is 11.3 Å². The van der Waals surface area contributed by atoms with Crippen molar-refractivity contribution < 1.29 is 24.4 Å². The maximum atomic E-state index is 12.6. The summed E-state index contributed by atoms with van der Waals surface area (Å²) in [6.07, 6.45) is -0.517. The molecular formula is C18H16N2O6. The molecule has 26 heavy (non-hydrogen) atoms.